The average molecular weight is 496 g/mol. The summed E-state index contributed by atoms with van der Waals surface area (Å²) in [6.07, 6.45) is 13.9. The number of allylic oxidation sites excluding steroid dienone is 2. The molecule has 0 spiro atoms. The summed E-state index contributed by atoms with van der Waals surface area (Å²) in [5.41, 5.74) is 7.19. The topological polar surface area (TPSA) is 12.9 Å². The number of nitrogens with zero attached hydrogens (tertiary/aromatic N) is 1. The van der Waals surface area contributed by atoms with Crippen LogP contribution in [0.3, 0.4) is 0 Å². The summed E-state index contributed by atoms with van der Waals surface area (Å²) in [7, 11) is 0. The summed E-state index contributed by atoms with van der Waals surface area (Å²) in [6.45, 7) is 18.4. The molecule has 7 rings (SSSR count). The zero-order chi connectivity index (χ0) is 26.0. The van der Waals surface area contributed by atoms with Crippen molar-refractivity contribution in [2.45, 2.75) is 105 Å². The van der Waals surface area contributed by atoms with Crippen molar-refractivity contribution in [3.63, 3.8) is 0 Å². The number of benzene rings is 1. The van der Waals surface area contributed by atoms with Crippen molar-refractivity contribution in [1.29, 1.82) is 0 Å². The van der Waals surface area contributed by atoms with E-state index in [1.807, 2.05) is 5.57 Å². The molecule has 0 saturated heterocycles. The lowest BCUT2D eigenvalue weighted by molar-refractivity contribution is -0.153. The molecule has 5 aliphatic carbocycles. The van der Waals surface area contributed by atoms with Gasteiger partial charge in [-0.25, -0.2) is 0 Å². The highest BCUT2D eigenvalue weighted by molar-refractivity contribution is 5.80. The van der Waals surface area contributed by atoms with Gasteiger partial charge in [-0.05, 0) is 114 Å². The summed E-state index contributed by atoms with van der Waals surface area (Å²) < 4.78 is 0. The number of hydrogen-bond donors (Lipinski definition) is 0. The maximum Gasteiger partial charge on any atom is 0.0705 e. The lowest BCUT2D eigenvalue weighted by Gasteiger charge is -2.70. The molecule has 0 amide bonds. The van der Waals surface area contributed by atoms with Gasteiger partial charge in [-0.3, -0.25) is 4.98 Å². The van der Waals surface area contributed by atoms with Crippen molar-refractivity contribution in [1.82, 2.24) is 4.98 Å². The first kappa shape index (κ1) is 24.4. The molecule has 0 N–H and O–H groups in total. The van der Waals surface area contributed by atoms with E-state index in [-0.39, 0.29) is 5.41 Å². The van der Waals surface area contributed by atoms with Gasteiger partial charge in [-0.15, -0.1) is 0 Å². The summed E-state index contributed by atoms with van der Waals surface area (Å²) >= 11 is 0. The fraction of sp³-hybridized carbons (Fsp3) is 0.694. The van der Waals surface area contributed by atoms with E-state index >= 15 is 0 Å². The van der Waals surface area contributed by atoms with Crippen molar-refractivity contribution >= 4 is 10.9 Å². The van der Waals surface area contributed by atoms with Crippen molar-refractivity contribution in [2.24, 2.45) is 51.8 Å². The Labute approximate surface area is 225 Å². The quantitative estimate of drug-likeness (QED) is 0.332. The second-order valence-corrected chi connectivity index (χ2v) is 15.6. The minimum Gasteiger partial charge on any atom is -0.252 e. The Hall–Kier alpha value is -1.63. The Balaban J connectivity index is 1.34. The van der Waals surface area contributed by atoms with Crippen LogP contribution in [0.15, 0.2) is 42.0 Å². The molecule has 3 fully saturated rings. The fourth-order valence-corrected chi connectivity index (χ4v) is 11.7. The van der Waals surface area contributed by atoms with Crippen molar-refractivity contribution < 1.29 is 0 Å². The van der Waals surface area contributed by atoms with Crippen LogP contribution in [0.5, 0.6) is 0 Å². The predicted octanol–water partition coefficient (Wildman–Crippen LogP) is 9.54. The Kier molecular flexibility index (Phi) is 5.10. The molecule has 1 heterocycles. The molecule has 0 radical (unpaired) electrons. The molecule has 37 heavy (non-hydrogen) atoms. The molecule has 5 aliphatic rings. The number of aromatic nitrogens is 1. The van der Waals surface area contributed by atoms with Crippen LogP contribution >= 0.6 is 0 Å². The number of fused-ring (bicyclic) bond motifs is 9. The standard InChI is InChI=1S/C36H49N/c1-22-12-13-24-16-18-35(6)27(31(24)23(22)2)14-15-30-34(5)21-26-20-25-10-8-9-11-28(25)37-32(26)33(3,4)29(34)17-19-36(30,35)7/h8-11,14,20,22-24,29-31H,12-13,15-19,21H2,1-7H3. The minimum absolute atomic E-state index is 0.115. The Bertz CT molecular complexity index is 1280. The summed E-state index contributed by atoms with van der Waals surface area (Å²) in [4.78, 5) is 5.34. The third-order valence-corrected chi connectivity index (χ3v) is 14.0. The average Bonchev–Trinajstić information content (AvgIpc) is 2.85. The molecule has 0 bridgehead atoms. The maximum atomic E-state index is 5.34. The van der Waals surface area contributed by atoms with Crippen LogP contribution in [0.2, 0.25) is 0 Å². The van der Waals surface area contributed by atoms with Gasteiger partial charge in [-0.1, -0.05) is 84.7 Å². The second-order valence-electron chi connectivity index (χ2n) is 15.6. The molecule has 1 nitrogen and oxygen atoms in total. The second kappa shape index (κ2) is 7.73. The predicted molar refractivity (Wildman–Crippen MR) is 155 cm³/mol. The lowest BCUT2D eigenvalue weighted by Crippen LogP contribution is -2.63. The highest BCUT2D eigenvalue weighted by Gasteiger charge is 2.66. The highest BCUT2D eigenvalue weighted by atomic mass is 14.8. The Morgan fingerprint density at radius 2 is 1.65 bits per heavy atom. The van der Waals surface area contributed by atoms with Crippen LogP contribution in [0, 0.1) is 51.8 Å². The smallest absolute Gasteiger partial charge is 0.0705 e. The van der Waals surface area contributed by atoms with E-state index in [4.69, 9.17) is 4.98 Å². The van der Waals surface area contributed by atoms with Gasteiger partial charge in [0.05, 0.1) is 11.2 Å². The normalized spacial score (nSPS) is 46.1. The first-order chi connectivity index (χ1) is 17.5. The van der Waals surface area contributed by atoms with Gasteiger partial charge in [0, 0.05) is 10.8 Å². The van der Waals surface area contributed by atoms with Crippen LogP contribution in [0.25, 0.3) is 10.9 Å². The molecule has 9 atom stereocenters. The van der Waals surface area contributed by atoms with Gasteiger partial charge < -0.3 is 0 Å². The van der Waals surface area contributed by atoms with Crippen LogP contribution in [0.4, 0.5) is 0 Å². The van der Waals surface area contributed by atoms with E-state index in [9.17, 15) is 0 Å². The molecule has 3 saturated carbocycles. The SMILES string of the molecule is CC1CCC2CCC3(C)C(=CCC4C5(C)Cc6cc7ccccc7nc6C(C)(C)C5CCC43C)C2C1C. The number of para-hydroxylation sites is 1. The molecule has 2 aromatic rings. The Morgan fingerprint density at radius 1 is 0.865 bits per heavy atom. The first-order valence-corrected chi connectivity index (χ1v) is 15.6. The van der Waals surface area contributed by atoms with Gasteiger partial charge in [0.1, 0.15) is 0 Å². The fourth-order valence-electron chi connectivity index (χ4n) is 11.7. The summed E-state index contributed by atoms with van der Waals surface area (Å²) in [6, 6.07) is 11.3. The molecule has 9 unspecified atom stereocenters. The van der Waals surface area contributed by atoms with Crippen LogP contribution in [0.1, 0.15) is 105 Å². The first-order valence-electron chi connectivity index (χ1n) is 15.6. The van der Waals surface area contributed by atoms with E-state index in [1.165, 1.54) is 73.5 Å². The zero-order valence-electron chi connectivity index (χ0n) is 24.5. The highest BCUT2D eigenvalue weighted by Crippen LogP contribution is 2.74. The van der Waals surface area contributed by atoms with Crippen molar-refractivity contribution in [3.05, 3.63) is 53.2 Å². The van der Waals surface area contributed by atoms with Crippen molar-refractivity contribution in [2.75, 3.05) is 0 Å². The molecular weight excluding hydrogens is 446 g/mol. The van der Waals surface area contributed by atoms with Gasteiger partial charge in [0.15, 0.2) is 0 Å². The van der Waals surface area contributed by atoms with Gasteiger partial charge in [-0.2, -0.15) is 0 Å². The Morgan fingerprint density at radius 3 is 2.46 bits per heavy atom. The van der Waals surface area contributed by atoms with Gasteiger partial charge in [0.2, 0.25) is 0 Å². The van der Waals surface area contributed by atoms with E-state index < -0.39 is 0 Å². The van der Waals surface area contributed by atoms with E-state index in [1.54, 1.807) is 0 Å². The van der Waals surface area contributed by atoms with Crippen LogP contribution in [-0.4, -0.2) is 4.98 Å². The molecule has 1 aromatic carbocycles. The van der Waals surface area contributed by atoms with Gasteiger partial charge in [0.25, 0.3) is 0 Å². The monoisotopic (exact) mass is 495 g/mol. The van der Waals surface area contributed by atoms with E-state index in [2.05, 4.69) is 84.9 Å². The van der Waals surface area contributed by atoms with E-state index in [0.29, 0.717) is 22.2 Å². The third kappa shape index (κ3) is 3.01. The molecule has 1 aromatic heterocycles. The minimum atomic E-state index is 0.115. The summed E-state index contributed by atoms with van der Waals surface area (Å²) in [5.74, 6) is 4.95. The van der Waals surface area contributed by atoms with Gasteiger partial charge >= 0.3 is 0 Å². The summed E-state index contributed by atoms with van der Waals surface area (Å²) in [5, 5.41) is 1.31. The lowest BCUT2D eigenvalue weighted by atomic mass is 9.34. The number of rotatable bonds is 0. The largest absolute Gasteiger partial charge is 0.252 e. The number of hydrogen-bond acceptors (Lipinski definition) is 1. The van der Waals surface area contributed by atoms with E-state index in [0.717, 1.165) is 29.6 Å². The molecular formula is C36H49N. The zero-order valence-corrected chi connectivity index (χ0v) is 24.5. The van der Waals surface area contributed by atoms with Crippen LogP contribution < -0.4 is 0 Å². The molecule has 198 valence electrons. The number of pyridine rings is 1. The third-order valence-electron chi connectivity index (χ3n) is 14.0. The van der Waals surface area contributed by atoms with Crippen LogP contribution in [-0.2, 0) is 11.8 Å². The molecule has 0 aliphatic heterocycles. The maximum absolute atomic E-state index is 5.34. The molecule has 1 heteroatoms. The van der Waals surface area contributed by atoms with Crippen molar-refractivity contribution in [3.8, 4) is 0 Å².